The summed E-state index contributed by atoms with van der Waals surface area (Å²) in [6, 6.07) is 15.2. The molecule has 1 aromatic heterocycles. The fraction of sp³-hybridized carbons (Fsp3) is 0.222. The van der Waals surface area contributed by atoms with Crippen LogP contribution >= 0.6 is 11.8 Å². The van der Waals surface area contributed by atoms with Gasteiger partial charge in [0.15, 0.2) is 5.16 Å². The van der Waals surface area contributed by atoms with Crippen molar-refractivity contribution in [1.29, 1.82) is 0 Å². The molecule has 0 saturated heterocycles. The first-order valence-electron chi connectivity index (χ1n) is 7.48. The molecule has 0 atom stereocenters. The predicted molar refractivity (Wildman–Crippen MR) is 94.5 cm³/mol. The largest absolute Gasteiger partial charge is 0.497 e. The molecule has 0 N–H and O–H groups in total. The number of aromatic nitrogens is 2. The van der Waals surface area contributed by atoms with Crippen LogP contribution < -0.4 is 10.3 Å². The first-order chi connectivity index (χ1) is 11.2. The van der Waals surface area contributed by atoms with E-state index < -0.39 is 0 Å². The Bertz CT molecular complexity index is 890. The van der Waals surface area contributed by atoms with Gasteiger partial charge in [0.05, 0.1) is 24.6 Å². The van der Waals surface area contributed by atoms with Crippen LogP contribution in [-0.2, 0) is 6.54 Å². The molecule has 0 aliphatic carbocycles. The van der Waals surface area contributed by atoms with Crippen molar-refractivity contribution in [2.24, 2.45) is 0 Å². The number of thioether (sulfide) groups is 1. The minimum Gasteiger partial charge on any atom is -0.497 e. The number of hydrogen-bond donors (Lipinski definition) is 0. The van der Waals surface area contributed by atoms with Crippen molar-refractivity contribution in [3.05, 3.63) is 64.4 Å². The number of ether oxygens (including phenoxy) is 1. The van der Waals surface area contributed by atoms with Crippen molar-refractivity contribution in [2.75, 3.05) is 12.9 Å². The average molecular weight is 326 g/mol. The van der Waals surface area contributed by atoms with Gasteiger partial charge in [0.25, 0.3) is 5.56 Å². The van der Waals surface area contributed by atoms with Gasteiger partial charge in [0.1, 0.15) is 5.75 Å². The molecule has 23 heavy (non-hydrogen) atoms. The van der Waals surface area contributed by atoms with Crippen LogP contribution in [0.5, 0.6) is 5.75 Å². The highest BCUT2D eigenvalue weighted by Crippen LogP contribution is 2.20. The third-order valence-corrected chi connectivity index (χ3v) is 4.43. The van der Waals surface area contributed by atoms with Gasteiger partial charge in [-0.2, -0.15) is 0 Å². The van der Waals surface area contributed by atoms with Gasteiger partial charge in [-0.1, -0.05) is 43.0 Å². The molecule has 0 bridgehead atoms. The third kappa shape index (κ3) is 3.24. The molecule has 3 rings (SSSR count). The molecule has 2 aromatic carbocycles. The summed E-state index contributed by atoms with van der Waals surface area (Å²) in [7, 11) is 1.64. The van der Waals surface area contributed by atoms with E-state index in [4.69, 9.17) is 4.74 Å². The standard InChI is InChI=1S/C18H18N2O2S/c1-3-23-18-19-16-10-5-4-9-15(16)17(21)20(18)12-13-7-6-8-14(11-13)22-2/h4-11H,3,12H2,1-2H3. The molecule has 0 fully saturated rings. The van der Waals surface area contributed by atoms with Gasteiger partial charge < -0.3 is 4.74 Å². The summed E-state index contributed by atoms with van der Waals surface area (Å²) in [5.41, 5.74) is 1.76. The molecule has 0 unspecified atom stereocenters. The fourth-order valence-corrected chi connectivity index (χ4v) is 3.20. The van der Waals surface area contributed by atoms with E-state index in [1.165, 1.54) is 0 Å². The Hall–Kier alpha value is -2.27. The molecule has 4 nitrogen and oxygen atoms in total. The summed E-state index contributed by atoms with van der Waals surface area (Å²) in [6.45, 7) is 2.54. The Kier molecular flexibility index (Phi) is 4.67. The van der Waals surface area contributed by atoms with E-state index in [1.807, 2.05) is 48.5 Å². The summed E-state index contributed by atoms with van der Waals surface area (Å²) in [5, 5.41) is 1.40. The minimum absolute atomic E-state index is 0.00521. The second kappa shape index (κ2) is 6.87. The molecule has 3 aromatic rings. The highest BCUT2D eigenvalue weighted by Gasteiger charge is 2.11. The van der Waals surface area contributed by atoms with Crippen molar-refractivity contribution in [2.45, 2.75) is 18.6 Å². The van der Waals surface area contributed by atoms with Gasteiger partial charge in [-0.25, -0.2) is 4.98 Å². The van der Waals surface area contributed by atoms with Crippen LogP contribution in [0.3, 0.4) is 0 Å². The van der Waals surface area contributed by atoms with E-state index in [0.717, 1.165) is 27.7 Å². The molecular weight excluding hydrogens is 308 g/mol. The van der Waals surface area contributed by atoms with Crippen LogP contribution in [-0.4, -0.2) is 22.4 Å². The molecule has 0 amide bonds. The van der Waals surface area contributed by atoms with Crippen LogP contribution in [0.15, 0.2) is 58.5 Å². The fourth-order valence-electron chi connectivity index (χ4n) is 2.48. The maximum atomic E-state index is 12.9. The highest BCUT2D eigenvalue weighted by atomic mass is 32.2. The summed E-state index contributed by atoms with van der Waals surface area (Å²) in [6.07, 6.45) is 0. The summed E-state index contributed by atoms with van der Waals surface area (Å²) < 4.78 is 7.00. The van der Waals surface area contributed by atoms with Crippen molar-refractivity contribution in [1.82, 2.24) is 9.55 Å². The zero-order valence-electron chi connectivity index (χ0n) is 13.2. The number of hydrogen-bond acceptors (Lipinski definition) is 4. The number of nitrogens with zero attached hydrogens (tertiary/aromatic N) is 2. The molecule has 0 radical (unpaired) electrons. The van der Waals surface area contributed by atoms with Crippen molar-refractivity contribution in [3.63, 3.8) is 0 Å². The molecule has 118 valence electrons. The summed E-state index contributed by atoms with van der Waals surface area (Å²) >= 11 is 1.58. The predicted octanol–water partition coefficient (Wildman–Crippen LogP) is 3.57. The van der Waals surface area contributed by atoms with E-state index in [2.05, 4.69) is 11.9 Å². The number of fused-ring (bicyclic) bond motifs is 1. The van der Waals surface area contributed by atoms with Crippen LogP contribution in [0.25, 0.3) is 10.9 Å². The van der Waals surface area contributed by atoms with Gasteiger partial charge in [-0.15, -0.1) is 0 Å². The van der Waals surface area contributed by atoms with Crippen molar-refractivity contribution >= 4 is 22.7 Å². The second-order valence-corrected chi connectivity index (χ2v) is 6.32. The van der Waals surface area contributed by atoms with Crippen LogP contribution in [0.1, 0.15) is 12.5 Å². The van der Waals surface area contributed by atoms with E-state index in [0.29, 0.717) is 11.9 Å². The first kappa shape index (κ1) is 15.6. The Balaban J connectivity index is 2.12. The lowest BCUT2D eigenvalue weighted by Gasteiger charge is -2.13. The van der Waals surface area contributed by atoms with Crippen molar-refractivity contribution < 1.29 is 4.74 Å². The van der Waals surface area contributed by atoms with E-state index in [9.17, 15) is 4.79 Å². The van der Waals surface area contributed by atoms with Gasteiger partial charge in [0, 0.05) is 0 Å². The molecule has 0 aliphatic heterocycles. The van der Waals surface area contributed by atoms with Crippen molar-refractivity contribution in [3.8, 4) is 5.75 Å². The van der Waals surface area contributed by atoms with E-state index in [-0.39, 0.29) is 5.56 Å². The maximum Gasteiger partial charge on any atom is 0.262 e. The Morgan fingerprint density at radius 3 is 2.78 bits per heavy atom. The molecule has 0 spiro atoms. The number of benzene rings is 2. The average Bonchev–Trinajstić information content (AvgIpc) is 2.59. The first-order valence-corrected chi connectivity index (χ1v) is 8.46. The van der Waals surface area contributed by atoms with Crippen LogP contribution in [0.2, 0.25) is 0 Å². The van der Waals surface area contributed by atoms with E-state index >= 15 is 0 Å². The lowest BCUT2D eigenvalue weighted by molar-refractivity contribution is 0.414. The van der Waals surface area contributed by atoms with Gasteiger partial charge >= 0.3 is 0 Å². The van der Waals surface area contributed by atoms with E-state index in [1.54, 1.807) is 23.4 Å². The number of methoxy groups -OCH3 is 1. The highest BCUT2D eigenvalue weighted by molar-refractivity contribution is 7.99. The van der Waals surface area contributed by atoms with Gasteiger partial charge in [-0.3, -0.25) is 9.36 Å². The second-order valence-electron chi connectivity index (χ2n) is 5.09. The lowest BCUT2D eigenvalue weighted by Crippen LogP contribution is -2.24. The normalized spacial score (nSPS) is 10.9. The smallest absolute Gasteiger partial charge is 0.262 e. The Morgan fingerprint density at radius 1 is 1.17 bits per heavy atom. The molecule has 0 saturated carbocycles. The van der Waals surface area contributed by atoms with Gasteiger partial charge in [0.2, 0.25) is 0 Å². The Labute approximate surface area is 139 Å². The number of rotatable bonds is 5. The molecule has 0 aliphatic rings. The molecule has 5 heteroatoms. The zero-order valence-corrected chi connectivity index (χ0v) is 14.0. The molecule has 1 heterocycles. The topological polar surface area (TPSA) is 44.1 Å². The van der Waals surface area contributed by atoms with Gasteiger partial charge in [-0.05, 0) is 35.6 Å². The van der Waals surface area contributed by atoms with Crippen LogP contribution in [0, 0.1) is 0 Å². The maximum absolute atomic E-state index is 12.9. The summed E-state index contributed by atoms with van der Waals surface area (Å²) in [4.78, 5) is 17.5. The van der Waals surface area contributed by atoms with Crippen LogP contribution in [0.4, 0.5) is 0 Å². The molecular formula is C18H18N2O2S. The minimum atomic E-state index is -0.00521. The monoisotopic (exact) mass is 326 g/mol. The zero-order chi connectivity index (χ0) is 16.2. The lowest BCUT2D eigenvalue weighted by atomic mass is 10.2. The Morgan fingerprint density at radius 2 is 2.00 bits per heavy atom. The third-order valence-electron chi connectivity index (χ3n) is 3.57. The quantitative estimate of drug-likeness (QED) is 0.531. The summed E-state index contributed by atoms with van der Waals surface area (Å²) in [5.74, 6) is 1.65. The SMILES string of the molecule is CCSc1nc2ccccc2c(=O)n1Cc1cccc(OC)c1. The number of para-hydroxylation sites is 1.